The van der Waals surface area contributed by atoms with Gasteiger partial charge in [0.1, 0.15) is 11.5 Å². The Morgan fingerprint density at radius 3 is 2.58 bits per heavy atom. The summed E-state index contributed by atoms with van der Waals surface area (Å²) in [7, 11) is 0. The lowest BCUT2D eigenvalue weighted by molar-refractivity contribution is -0.140. The number of carboxylic acid groups (broad SMARTS) is 1. The molecular formula is C13H13NO5. The molecule has 1 aromatic rings. The Bertz CT molecular complexity index is 552. The first-order chi connectivity index (χ1) is 8.97. The van der Waals surface area contributed by atoms with Gasteiger partial charge in [0.2, 0.25) is 0 Å². The normalized spacial score (nSPS) is 21.3. The van der Waals surface area contributed by atoms with E-state index in [1.54, 1.807) is 6.08 Å². The minimum Gasteiger partial charge on any atom is -0.508 e. The molecule has 0 bridgehead atoms. The van der Waals surface area contributed by atoms with Crippen molar-refractivity contribution in [1.29, 1.82) is 0 Å². The summed E-state index contributed by atoms with van der Waals surface area (Å²) in [6, 6.07) is 3.24. The second kappa shape index (κ2) is 5.01. The Morgan fingerprint density at radius 1 is 1.21 bits per heavy atom. The number of benzene rings is 1. The maximum Gasteiger partial charge on any atom is 0.310 e. The minimum absolute atomic E-state index is 0.0489. The molecule has 0 heterocycles. The lowest BCUT2D eigenvalue weighted by Gasteiger charge is -2.13. The molecule has 1 aliphatic carbocycles. The number of carboxylic acids is 1. The number of phenolic OH excluding ortho intramolecular Hbond substituents is 2. The fourth-order valence-corrected chi connectivity index (χ4v) is 1.94. The smallest absolute Gasteiger partial charge is 0.310 e. The monoisotopic (exact) mass is 263 g/mol. The highest BCUT2D eigenvalue weighted by Crippen LogP contribution is 2.23. The van der Waals surface area contributed by atoms with E-state index in [1.807, 2.05) is 0 Å². The number of nitrogens with one attached hydrogen (secondary N) is 1. The molecule has 0 fully saturated rings. The van der Waals surface area contributed by atoms with Crippen molar-refractivity contribution >= 4 is 11.9 Å². The third-order valence-electron chi connectivity index (χ3n) is 2.94. The Morgan fingerprint density at radius 2 is 1.95 bits per heavy atom. The first kappa shape index (κ1) is 12.9. The Hall–Kier alpha value is -2.50. The quantitative estimate of drug-likeness (QED) is 0.478. The van der Waals surface area contributed by atoms with Gasteiger partial charge in [0.05, 0.1) is 11.5 Å². The van der Waals surface area contributed by atoms with Crippen molar-refractivity contribution in [3.05, 3.63) is 35.9 Å². The molecule has 2 atom stereocenters. The van der Waals surface area contributed by atoms with E-state index in [0.29, 0.717) is 0 Å². The maximum atomic E-state index is 11.9. The van der Waals surface area contributed by atoms with Crippen LogP contribution in [0, 0.1) is 5.92 Å². The molecule has 100 valence electrons. The first-order valence-corrected chi connectivity index (χ1v) is 5.71. The standard InChI is InChI=1S/C13H13NO5/c15-9-3-4-11(16)10(6-9)12(17)14-8-2-1-7(5-8)13(18)19/h1-4,6-8,15-16H,5H2,(H,14,17)(H,18,19). The van der Waals surface area contributed by atoms with Crippen molar-refractivity contribution < 1.29 is 24.9 Å². The largest absolute Gasteiger partial charge is 0.508 e. The van der Waals surface area contributed by atoms with Gasteiger partial charge in [-0.15, -0.1) is 0 Å². The van der Waals surface area contributed by atoms with Crippen molar-refractivity contribution in [1.82, 2.24) is 5.32 Å². The predicted octanol–water partition coefficient (Wildman–Crippen LogP) is 0.857. The van der Waals surface area contributed by atoms with Crippen LogP contribution in [0.2, 0.25) is 0 Å². The molecule has 0 spiro atoms. The number of aliphatic carboxylic acids is 1. The summed E-state index contributed by atoms with van der Waals surface area (Å²) >= 11 is 0. The first-order valence-electron chi connectivity index (χ1n) is 5.71. The van der Waals surface area contributed by atoms with E-state index in [0.717, 1.165) is 6.07 Å². The molecule has 6 nitrogen and oxygen atoms in total. The van der Waals surface area contributed by atoms with Gasteiger partial charge in [-0.3, -0.25) is 9.59 Å². The van der Waals surface area contributed by atoms with Crippen molar-refractivity contribution in [3.63, 3.8) is 0 Å². The zero-order valence-electron chi connectivity index (χ0n) is 9.91. The zero-order chi connectivity index (χ0) is 14.0. The van der Waals surface area contributed by atoms with Crippen LogP contribution in [0.25, 0.3) is 0 Å². The average molecular weight is 263 g/mol. The molecule has 4 N–H and O–H groups in total. The summed E-state index contributed by atoms with van der Waals surface area (Å²) in [4.78, 5) is 22.7. The van der Waals surface area contributed by atoms with E-state index in [9.17, 15) is 19.8 Å². The fraction of sp³-hybridized carbons (Fsp3) is 0.231. The number of aromatic hydroxyl groups is 2. The van der Waals surface area contributed by atoms with Gasteiger partial charge >= 0.3 is 5.97 Å². The summed E-state index contributed by atoms with van der Waals surface area (Å²) in [6.45, 7) is 0. The molecule has 0 radical (unpaired) electrons. The molecule has 0 saturated carbocycles. The lowest BCUT2D eigenvalue weighted by atomic mass is 10.1. The van der Waals surface area contributed by atoms with Crippen LogP contribution in [0.5, 0.6) is 11.5 Å². The number of hydrogen-bond acceptors (Lipinski definition) is 4. The number of hydrogen-bond donors (Lipinski definition) is 4. The molecule has 2 rings (SSSR count). The summed E-state index contributed by atoms with van der Waals surface area (Å²) in [6.07, 6.45) is 3.41. The summed E-state index contributed by atoms with van der Waals surface area (Å²) in [5.74, 6) is -2.48. The molecule has 0 saturated heterocycles. The van der Waals surface area contributed by atoms with Crippen molar-refractivity contribution in [3.8, 4) is 11.5 Å². The van der Waals surface area contributed by atoms with Crippen LogP contribution >= 0.6 is 0 Å². The van der Waals surface area contributed by atoms with Crippen LogP contribution in [-0.4, -0.2) is 33.2 Å². The Balaban J connectivity index is 2.05. The van der Waals surface area contributed by atoms with Crippen molar-refractivity contribution in [2.24, 2.45) is 5.92 Å². The molecule has 0 aromatic heterocycles. The maximum absolute atomic E-state index is 11.9. The highest BCUT2D eigenvalue weighted by atomic mass is 16.4. The molecule has 2 unspecified atom stereocenters. The molecule has 1 aliphatic rings. The van der Waals surface area contributed by atoms with Crippen molar-refractivity contribution in [2.75, 3.05) is 0 Å². The second-order valence-corrected chi connectivity index (χ2v) is 4.35. The third kappa shape index (κ3) is 2.85. The van der Waals surface area contributed by atoms with Gasteiger partial charge in [0.25, 0.3) is 5.91 Å². The van der Waals surface area contributed by atoms with Crippen LogP contribution < -0.4 is 5.32 Å². The predicted molar refractivity (Wildman–Crippen MR) is 65.9 cm³/mol. The SMILES string of the molecule is O=C(NC1C=CC(C(=O)O)C1)c1cc(O)ccc1O. The van der Waals surface area contributed by atoms with E-state index < -0.39 is 23.8 Å². The zero-order valence-corrected chi connectivity index (χ0v) is 9.91. The second-order valence-electron chi connectivity index (χ2n) is 4.35. The van der Waals surface area contributed by atoms with Gasteiger partial charge in [-0.2, -0.15) is 0 Å². The number of carbonyl (C=O) groups excluding carboxylic acids is 1. The number of phenols is 2. The molecule has 19 heavy (non-hydrogen) atoms. The van der Waals surface area contributed by atoms with Crippen LogP contribution in [0.15, 0.2) is 30.4 Å². The van der Waals surface area contributed by atoms with Gasteiger partial charge in [-0.1, -0.05) is 12.2 Å². The molecule has 6 heteroatoms. The van der Waals surface area contributed by atoms with E-state index in [-0.39, 0.29) is 23.5 Å². The molecule has 1 aromatic carbocycles. The Labute approximate surface area is 109 Å². The molecule has 1 amide bonds. The number of amides is 1. The summed E-state index contributed by atoms with van der Waals surface area (Å²) in [5.41, 5.74) is -0.0489. The average Bonchev–Trinajstić information content (AvgIpc) is 2.80. The van der Waals surface area contributed by atoms with Gasteiger partial charge < -0.3 is 20.6 Å². The highest BCUT2D eigenvalue weighted by Gasteiger charge is 2.26. The number of carbonyl (C=O) groups is 2. The summed E-state index contributed by atoms with van der Waals surface area (Å²) in [5, 5.41) is 30.2. The lowest BCUT2D eigenvalue weighted by Crippen LogP contribution is -2.33. The van der Waals surface area contributed by atoms with Gasteiger partial charge in [-0.05, 0) is 24.6 Å². The third-order valence-corrected chi connectivity index (χ3v) is 2.94. The van der Waals surface area contributed by atoms with E-state index >= 15 is 0 Å². The molecule has 0 aliphatic heterocycles. The van der Waals surface area contributed by atoms with Gasteiger partial charge in [0.15, 0.2) is 0 Å². The Kier molecular flexibility index (Phi) is 3.41. The summed E-state index contributed by atoms with van der Waals surface area (Å²) < 4.78 is 0. The fourth-order valence-electron chi connectivity index (χ4n) is 1.94. The van der Waals surface area contributed by atoms with Crippen LogP contribution in [-0.2, 0) is 4.79 Å². The van der Waals surface area contributed by atoms with E-state index in [4.69, 9.17) is 5.11 Å². The van der Waals surface area contributed by atoms with Crippen LogP contribution in [0.1, 0.15) is 16.8 Å². The van der Waals surface area contributed by atoms with E-state index in [1.165, 1.54) is 18.2 Å². The molecular weight excluding hydrogens is 250 g/mol. The van der Waals surface area contributed by atoms with Crippen LogP contribution in [0.4, 0.5) is 0 Å². The van der Waals surface area contributed by atoms with Gasteiger partial charge in [0, 0.05) is 6.04 Å². The topological polar surface area (TPSA) is 107 Å². The van der Waals surface area contributed by atoms with Gasteiger partial charge in [-0.25, -0.2) is 0 Å². The van der Waals surface area contributed by atoms with Crippen LogP contribution in [0.3, 0.4) is 0 Å². The minimum atomic E-state index is -0.937. The number of rotatable bonds is 3. The van der Waals surface area contributed by atoms with E-state index in [2.05, 4.69) is 5.32 Å². The highest BCUT2D eigenvalue weighted by molar-refractivity contribution is 5.97. The van der Waals surface area contributed by atoms with Crippen molar-refractivity contribution in [2.45, 2.75) is 12.5 Å².